The maximum atomic E-state index is 13.0. The number of ether oxygens (including phenoxy) is 1. The van der Waals surface area contributed by atoms with E-state index in [1.54, 1.807) is 4.90 Å². The first-order valence-corrected chi connectivity index (χ1v) is 10.3. The number of carbonyl (C=O) groups excluding carboxylic acids is 1. The standard InChI is InChI=1S/C23H23NO4S/c1-3-9-21(25)24(15-18-13-8-7-10-16(18)2)19-14-20(17-11-5-4-6-12-17)29-22(19)28-23(26)27/h4-8,10-14H,3,9,15H2,1-2H3,(H,26,27). The lowest BCUT2D eigenvalue weighted by Gasteiger charge is -2.23. The number of thiophene rings is 1. The fourth-order valence-electron chi connectivity index (χ4n) is 3.06. The molecule has 0 saturated carbocycles. The third-order valence-corrected chi connectivity index (χ3v) is 5.61. The van der Waals surface area contributed by atoms with E-state index < -0.39 is 6.16 Å². The number of aryl methyl sites for hydroxylation is 1. The molecule has 3 rings (SSSR count). The van der Waals surface area contributed by atoms with Crippen molar-refractivity contribution in [2.24, 2.45) is 0 Å². The number of carboxylic acid groups (broad SMARTS) is 1. The van der Waals surface area contributed by atoms with Crippen molar-refractivity contribution in [1.82, 2.24) is 0 Å². The van der Waals surface area contributed by atoms with E-state index in [9.17, 15) is 14.7 Å². The third kappa shape index (κ3) is 5.03. The van der Waals surface area contributed by atoms with Gasteiger partial charge in [-0.3, -0.25) is 4.79 Å². The number of hydrogen-bond donors (Lipinski definition) is 1. The molecule has 1 aromatic heterocycles. The molecule has 6 heteroatoms. The Morgan fingerprint density at radius 2 is 1.76 bits per heavy atom. The van der Waals surface area contributed by atoms with E-state index in [1.165, 1.54) is 11.3 Å². The van der Waals surface area contributed by atoms with Crippen molar-refractivity contribution in [2.75, 3.05) is 4.90 Å². The average molecular weight is 410 g/mol. The molecular weight excluding hydrogens is 386 g/mol. The Bertz CT molecular complexity index is 997. The molecule has 0 atom stereocenters. The minimum Gasteiger partial charge on any atom is -0.449 e. The van der Waals surface area contributed by atoms with Gasteiger partial charge in [-0.1, -0.05) is 72.9 Å². The Kier molecular flexibility index (Phi) is 6.67. The van der Waals surface area contributed by atoms with Gasteiger partial charge in [0.25, 0.3) is 0 Å². The van der Waals surface area contributed by atoms with Crippen LogP contribution in [0.15, 0.2) is 60.7 Å². The molecule has 0 bridgehead atoms. The highest BCUT2D eigenvalue weighted by atomic mass is 32.1. The SMILES string of the molecule is CCCC(=O)N(Cc1ccccc1C)c1cc(-c2ccccc2)sc1OC(=O)O. The van der Waals surface area contributed by atoms with E-state index in [1.807, 2.05) is 74.5 Å². The van der Waals surface area contributed by atoms with Crippen LogP contribution in [0, 0.1) is 6.92 Å². The zero-order valence-electron chi connectivity index (χ0n) is 16.4. The lowest BCUT2D eigenvalue weighted by molar-refractivity contribution is -0.118. The summed E-state index contributed by atoms with van der Waals surface area (Å²) >= 11 is 1.22. The first-order valence-electron chi connectivity index (χ1n) is 9.44. The minimum absolute atomic E-state index is 0.0663. The Morgan fingerprint density at radius 1 is 1.07 bits per heavy atom. The second-order valence-corrected chi connectivity index (χ2v) is 7.69. The van der Waals surface area contributed by atoms with Crippen LogP contribution in [0.1, 0.15) is 30.9 Å². The van der Waals surface area contributed by atoms with Crippen molar-refractivity contribution in [1.29, 1.82) is 0 Å². The molecule has 0 spiro atoms. The van der Waals surface area contributed by atoms with Crippen molar-refractivity contribution in [3.8, 4) is 15.5 Å². The van der Waals surface area contributed by atoms with Crippen molar-refractivity contribution in [3.63, 3.8) is 0 Å². The molecular formula is C23H23NO4S. The predicted octanol–water partition coefficient (Wildman–Crippen LogP) is 6.11. The van der Waals surface area contributed by atoms with Crippen LogP contribution >= 0.6 is 11.3 Å². The van der Waals surface area contributed by atoms with E-state index in [0.29, 0.717) is 25.1 Å². The van der Waals surface area contributed by atoms with Crippen LogP contribution in [0.4, 0.5) is 10.5 Å². The summed E-state index contributed by atoms with van der Waals surface area (Å²) < 4.78 is 5.07. The minimum atomic E-state index is -1.40. The molecule has 0 aliphatic heterocycles. The Hall–Kier alpha value is -3.12. The van der Waals surface area contributed by atoms with Gasteiger partial charge in [0.15, 0.2) is 0 Å². The van der Waals surface area contributed by atoms with Crippen LogP contribution in [0.3, 0.4) is 0 Å². The van der Waals surface area contributed by atoms with Gasteiger partial charge < -0.3 is 14.7 Å². The maximum Gasteiger partial charge on any atom is 0.512 e. The number of benzene rings is 2. The third-order valence-electron chi connectivity index (χ3n) is 4.56. The Labute approximate surface area is 174 Å². The summed E-state index contributed by atoms with van der Waals surface area (Å²) in [6, 6.07) is 19.3. The second-order valence-electron chi connectivity index (χ2n) is 6.67. The molecule has 0 fully saturated rings. The van der Waals surface area contributed by atoms with Gasteiger partial charge in [-0.25, -0.2) is 4.79 Å². The molecule has 0 aliphatic rings. The van der Waals surface area contributed by atoms with E-state index in [-0.39, 0.29) is 11.0 Å². The van der Waals surface area contributed by atoms with Crippen molar-refractivity contribution < 1.29 is 19.4 Å². The summed E-state index contributed by atoms with van der Waals surface area (Å²) in [4.78, 5) is 26.7. The number of anilines is 1. The van der Waals surface area contributed by atoms with Gasteiger partial charge >= 0.3 is 6.16 Å². The molecule has 2 aromatic carbocycles. The van der Waals surface area contributed by atoms with Crippen molar-refractivity contribution in [3.05, 3.63) is 71.8 Å². The van der Waals surface area contributed by atoms with E-state index in [0.717, 1.165) is 21.6 Å². The van der Waals surface area contributed by atoms with Crippen molar-refractivity contribution in [2.45, 2.75) is 33.2 Å². The Balaban J connectivity index is 2.07. The molecule has 5 nitrogen and oxygen atoms in total. The molecule has 0 aliphatic carbocycles. The van der Waals surface area contributed by atoms with Crippen LogP contribution in [0.5, 0.6) is 5.06 Å². The van der Waals surface area contributed by atoms with Gasteiger partial charge in [-0.2, -0.15) is 0 Å². The number of hydrogen-bond acceptors (Lipinski definition) is 4. The molecule has 1 N–H and O–H groups in total. The van der Waals surface area contributed by atoms with Crippen LogP contribution < -0.4 is 9.64 Å². The normalized spacial score (nSPS) is 10.6. The lowest BCUT2D eigenvalue weighted by Crippen LogP contribution is -2.30. The topological polar surface area (TPSA) is 66.8 Å². The summed E-state index contributed by atoms with van der Waals surface area (Å²) in [6.07, 6.45) is -0.325. The zero-order chi connectivity index (χ0) is 20.8. The molecule has 3 aromatic rings. The van der Waals surface area contributed by atoms with Gasteiger partial charge in [0.2, 0.25) is 11.0 Å². The fourth-order valence-corrected chi connectivity index (χ4v) is 4.08. The van der Waals surface area contributed by atoms with Gasteiger partial charge in [-0.05, 0) is 36.1 Å². The highest BCUT2D eigenvalue weighted by Gasteiger charge is 2.24. The number of rotatable bonds is 7. The highest BCUT2D eigenvalue weighted by molar-refractivity contribution is 7.18. The monoisotopic (exact) mass is 409 g/mol. The lowest BCUT2D eigenvalue weighted by atomic mass is 10.1. The van der Waals surface area contributed by atoms with Gasteiger partial charge in [0.1, 0.15) is 0 Å². The predicted molar refractivity (Wildman–Crippen MR) is 116 cm³/mol. The maximum absolute atomic E-state index is 13.0. The molecule has 1 amide bonds. The molecule has 1 heterocycles. The van der Waals surface area contributed by atoms with Crippen molar-refractivity contribution >= 4 is 29.1 Å². The van der Waals surface area contributed by atoms with E-state index >= 15 is 0 Å². The summed E-state index contributed by atoms with van der Waals surface area (Å²) in [5.41, 5.74) is 3.50. The number of carbonyl (C=O) groups is 2. The van der Waals surface area contributed by atoms with Crippen LogP contribution in [-0.4, -0.2) is 17.2 Å². The first kappa shape index (κ1) is 20.6. The molecule has 0 saturated heterocycles. The quantitative estimate of drug-likeness (QED) is 0.478. The average Bonchev–Trinajstić information content (AvgIpc) is 3.11. The fraction of sp³-hybridized carbons (Fsp3) is 0.217. The molecule has 0 unspecified atom stereocenters. The number of amides is 1. The van der Waals surface area contributed by atoms with E-state index in [2.05, 4.69) is 0 Å². The zero-order valence-corrected chi connectivity index (χ0v) is 17.2. The Morgan fingerprint density at radius 3 is 2.41 bits per heavy atom. The molecule has 0 radical (unpaired) electrons. The highest BCUT2D eigenvalue weighted by Crippen LogP contribution is 2.43. The van der Waals surface area contributed by atoms with Crippen LogP contribution in [-0.2, 0) is 11.3 Å². The smallest absolute Gasteiger partial charge is 0.449 e. The molecule has 150 valence electrons. The van der Waals surface area contributed by atoms with Gasteiger partial charge in [-0.15, -0.1) is 0 Å². The first-order chi connectivity index (χ1) is 14.0. The number of nitrogens with zero attached hydrogens (tertiary/aromatic N) is 1. The van der Waals surface area contributed by atoms with Crippen LogP contribution in [0.25, 0.3) is 10.4 Å². The summed E-state index contributed by atoms with van der Waals surface area (Å²) in [5, 5.41) is 9.41. The van der Waals surface area contributed by atoms with E-state index in [4.69, 9.17) is 4.74 Å². The largest absolute Gasteiger partial charge is 0.512 e. The summed E-state index contributed by atoms with van der Waals surface area (Å²) in [7, 11) is 0. The summed E-state index contributed by atoms with van der Waals surface area (Å²) in [5.74, 6) is -0.0663. The summed E-state index contributed by atoms with van der Waals surface area (Å²) in [6.45, 7) is 4.30. The molecule has 29 heavy (non-hydrogen) atoms. The second kappa shape index (κ2) is 9.39. The van der Waals surface area contributed by atoms with Gasteiger partial charge in [0, 0.05) is 11.3 Å². The van der Waals surface area contributed by atoms with Gasteiger partial charge in [0.05, 0.1) is 12.2 Å². The van der Waals surface area contributed by atoms with Crippen LogP contribution in [0.2, 0.25) is 0 Å².